The zero-order valence-electron chi connectivity index (χ0n) is 25.8. The molecule has 3 aromatic heterocycles. The Balaban J connectivity index is 1.26. The number of rotatable bonds is 9. The number of hydrogen-bond donors (Lipinski definition) is 1. The Morgan fingerprint density at radius 3 is 2.49 bits per heavy atom. The van der Waals surface area contributed by atoms with E-state index in [9.17, 15) is 9.18 Å². The minimum Gasteiger partial charge on any atom is -0.395 e. The number of nitrogens with zero attached hydrogens (tertiary/aromatic N) is 5. The normalized spacial score (nSPS) is 14.4. The van der Waals surface area contributed by atoms with E-state index in [-0.39, 0.29) is 24.1 Å². The van der Waals surface area contributed by atoms with Crippen molar-refractivity contribution in [3.63, 3.8) is 0 Å². The van der Waals surface area contributed by atoms with Crippen molar-refractivity contribution < 1.29 is 18.7 Å². The van der Waals surface area contributed by atoms with E-state index in [1.165, 1.54) is 29.0 Å². The standard InChI is InChI=1S/C35H37F2N5O2S/c1-4-29-34(28-11-10-27(22(2)33(28)37)35-39-30(21-45-35)24-5-8-26(36)9-6-24)42-19-25(7-12-31(42)38-29)23-13-15-41(16-14-23)20-32(44)40(3)17-18-43/h5-12,19,21,23,43H,4,13-18,20H2,1-3H3. The lowest BCUT2D eigenvalue weighted by molar-refractivity contribution is -0.131. The van der Waals surface area contributed by atoms with Crippen LogP contribution in [-0.4, -0.2) is 75.0 Å². The zero-order chi connectivity index (χ0) is 31.7. The van der Waals surface area contributed by atoms with Gasteiger partial charge in [-0.25, -0.2) is 18.7 Å². The molecule has 1 aliphatic heterocycles. The highest BCUT2D eigenvalue weighted by Gasteiger charge is 2.25. The van der Waals surface area contributed by atoms with Crippen LogP contribution >= 0.6 is 11.3 Å². The topological polar surface area (TPSA) is 74.0 Å². The number of thiazole rings is 1. The number of amides is 1. The third-order valence-corrected chi connectivity index (χ3v) is 9.72. The molecular formula is C35H37F2N5O2S. The van der Waals surface area contributed by atoms with Crippen molar-refractivity contribution >= 4 is 22.9 Å². The molecule has 2 aromatic carbocycles. The van der Waals surface area contributed by atoms with Crippen molar-refractivity contribution in [2.45, 2.75) is 39.0 Å². The van der Waals surface area contributed by atoms with Gasteiger partial charge in [-0.3, -0.25) is 14.1 Å². The van der Waals surface area contributed by atoms with Crippen LogP contribution in [0.4, 0.5) is 8.78 Å². The molecule has 1 fully saturated rings. The van der Waals surface area contributed by atoms with Crippen molar-refractivity contribution in [2.75, 3.05) is 39.8 Å². The number of benzene rings is 2. The average Bonchev–Trinajstić information content (AvgIpc) is 3.68. The SMILES string of the molecule is CCc1nc2ccc(C3CCN(CC(=O)N(C)CCO)CC3)cn2c1-c1ccc(-c2nc(-c3ccc(F)cc3)cs2)c(C)c1F. The van der Waals surface area contributed by atoms with Crippen molar-refractivity contribution in [3.8, 4) is 33.1 Å². The highest BCUT2D eigenvalue weighted by molar-refractivity contribution is 7.13. The lowest BCUT2D eigenvalue weighted by Crippen LogP contribution is -2.42. The number of piperidine rings is 1. The number of imidazole rings is 1. The molecule has 0 atom stereocenters. The molecule has 0 aliphatic carbocycles. The van der Waals surface area contributed by atoms with E-state index >= 15 is 4.39 Å². The van der Waals surface area contributed by atoms with E-state index in [2.05, 4.69) is 17.2 Å². The number of pyridine rings is 1. The molecule has 0 radical (unpaired) electrons. The van der Waals surface area contributed by atoms with Crippen LogP contribution < -0.4 is 0 Å². The number of aryl methyl sites for hydroxylation is 1. The lowest BCUT2D eigenvalue weighted by atomic mass is 9.90. The molecule has 5 aromatic rings. The fourth-order valence-corrected chi connectivity index (χ4v) is 7.06. The van der Waals surface area contributed by atoms with Gasteiger partial charge < -0.3 is 10.0 Å². The first-order valence-corrected chi connectivity index (χ1v) is 16.2. The predicted molar refractivity (Wildman–Crippen MR) is 174 cm³/mol. The number of fused-ring (bicyclic) bond motifs is 1. The minimum atomic E-state index is -0.300. The van der Waals surface area contributed by atoms with E-state index in [1.807, 2.05) is 34.9 Å². The molecule has 1 aliphatic rings. The van der Waals surface area contributed by atoms with E-state index in [1.54, 1.807) is 31.0 Å². The second-order valence-corrected chi connectivity index (χ2v) is 12.5. The summed E-state index contributed by atoms with van der Waals surface area (Å²) < 4.78 is 31.7. The summed E-state index contributed by atoms with van der Waals surface area (Å²) in [5, 5.41) is 11.7. The molecule has 6 rings (SSSR count). The first kappa shape index (κ1) is 31.0. The molecule has 234 valence electrons. The Morgan fingerprint density at radius 1 is 1.04 bits per heavy atom. The number of hydrogen-bond acceptors (Lipinski definition) is 6. The number of likely N-dealkylation sites (N-methyl/N-ethyl adjacent to an activating group) is 1. The molecule has 10 heteroatoms. The van der Waals surface area contributed by atoms with Gasteiger partial charge in [-0.2, -0.15) is 0 Å². The van der Waals surface area contributed by atoms with Gasteiger partial charge in [0.05, 0.1) is 30.2 Å². The van der Waals surface area contributed by atoms with Gasteiger partial charge in [-0.15, -0.1) is 11.3 Å². The van der Waals surface area contributed by atoms with Gasteiger partial charge in [0.2, 0.25) is 5.91 Å². The quantitative estimate of drug-likeness (QED) is 0.200. The van der Waals surface area contributed by atoms with Crippen LogP contribution in [0, 0.1) is 18.6 Å². The molecule has 0 bridgehead atoms. The molecule has 0 spiro atoms. The van der Waals surface area contributed by atoms with Gasteiger partial charge in [-0.05, 0) is 92.7 Å². The van der Waals surface area contributed by atoms with Crippen molar-refractivity contribution in [2.24, 2.45) is 0 Å². The lowest BCUT2D eigenvalue weighted by Gasteiger charge is -2.32. The third-order valence-electron chi connectivity index (χ3n) is 8.84. The van der Waals surface area contributed by atoms with E-state index in [0.717, 1.165) is 59.8 Å². The van der Waals surface area contributed by atoms with Gasteiger partial charge in [0, 0.05) is 41.9 Å². The monoisotopic (exact) mass is 629 g/mol. The first-order valence-electron chi connectivity index (χ1n) is 15.4. The molecule has 0 unspecified atom stereocenters. The van der Waals surface area contributed by atoms with Crippen LogP contribution in [0.1, 0.15) is 42.5 Å². The summed E-state index contributed by atoms with van der Waals surface area (Å²) in [5.41, 5.74) is 6.87. The number of carbonyl (C=O) groups excluding carboxylic acids is 1. The maximum absolute atomic E-state index is 16.3. The van der Waals surface area contributed by atoms with E-state index in [0.29, 0.717) is 41.6 Å². The second-order valence-electron chi connectivity index (χ2n) is 11.7. The smallest absolute Gasteiger partial charge is 0.236 e. The number of carbonyl (C=O) groups is 1. The van der Waals surface area contributed by atoms with Crippen LogP contribution in [0.25, 0.3) is 38.7 Å². The zero-order valence-corrected chi connectivity index (χ0v) is 26.6. The van der Waals surface area contributed by atoms with Gasteiger partial charge >= 0.3 is 0 Å². The summed E-state index contributed by atoms with van der Waals surface area (Å²) in [6.45, 7) is 6.11. The maximum atomic E-state index is 16.3. The summed E-state index contributed by atoms with van der Waals surface area (Å²) in [5.74, 6) is -0.251. The Labute approximate surface area is 265 Å². The van der Waals surface area contributed by atoms with Crippen LogP contribution in [0.15, 0.2) is 60.1 Å². The molecule has 1 saturated heterocycles. The Kier molecular flexibility index (Phi) is 9.07. The van der Waals surface area contributed by atoms with Crippen molar-refractivity contribution in [1.82, 2.24) is 24.2 Å². The van der Waals surface area contributed by atoms with Gasteiger partial charge in [-0.1, -0.05) is 19.1 Å². The fourth-order valence-electron chi connectivity index (χ4n) is 6.14. The average molecular weight is 630 g/mol. The Morgan fingerprint density at radius 2 is 1.78 bits per heavy atom. The highest BCUT2D eigenvalue weighted by atomic mass is 32.1. The molecule has 45 heavy (non-hydrogen) atoms. The van der Waals surface area contributed by atoms with Crippen LogP contribution in [0.5, 0.6) is 0 Å². The summed E-state index contributed by atoms with van der Waals surface area (Å²) in [6.07, 6.45) is 4.61. The number of halogens is 2. The minimum absolute atomic E-state index is 0.0191. The van der Waals surface area contributed by atoms with Gasteiger partial charge in [0.1, 0.15) is 22.3 Å². The predicted octanol–water partition coefficient (Wildman–Crippen LogP) is 6.57. The Bertz CT molecular complexity index is 1830. The molecule has 0 saturated carbocycles. The first-order chi connectivity index (χ1) is 21.8. The molecule has 1 N–H and O–H groups in total. The van der Waals surface area contributed by atoms with Crippen LogP contribution in [0.3, 0.4) is 0 Å². The van der Waals surface area contributed by atoms with E-state index < -0.39 is 0 Å². The fraction of sp³-hybridized carbons (Fsp3) is 0.343. The van der Waals surface area contributed by atoms with Crippen LogP contribution in [0.2, 0.25) is 0 Å². The van der Waals surface area contributed by atoms with Crippen molar-refractivity contribution in [1.29, 1.82) is 0 Å². The summed E-state index contributed by atoms with van der Waals surface area (Å²) >= 11 is 1.44. The molecule has 7 nitrogen and oxygen atoms in total. The summed E-state index contributed by atoms with van der Waals surface area (Å²) in [7, 11) is 1.72. The summed E-state index contributed by atoms with van der Waals surface area (Å²) in [4.78, 5) is 25.8. The van der Waals surface area contributed by atoms with Crippen molar-refractivity contribution in [3.05, 3.63) is 88.6 Å². The van der Waals surface area contributed by atoms with Crippen LogP contribution in [-0.2, 0) is 11.2 Å². The second kappa shape index (κ2) is 13.2. The number of likely N-dealkylation sites (tertiary alicyclic amines) is 1. The molecular weight excluding hydrogens is 592 g/mol. The summed E-state index contributed by atoms with van der Waals surface area (Å²) in [6, 6.07) is 14.1. The molecule has 4 heterocycles. The highest BCUT2D eigenvalue weighted by Crippen LogP contribution is 2.37. The molecule has 1 amide bonds. The Hall–Kier alpha value is -3.99. The van der Waals surface area contributed by atoms with Gasteiger partial charge in [0.15, 0.2) is 0 Å². The largest absolute Gasteiger partial charge is 0.395 e. The number of aliphatic hydroxyl groups is 1. The maximum Gasteiger partial charge on any atom is 0.236 e. The van der Waals surface area contributed by atoms with Gasteiger partial charge in [0.25, 0.3) is 0 Å². The number of aromatic nitrogens is 3. The van der Waals surface area contributed by atoms with E-state index in [4.69, 9.17) is 15.1 Å². The number of aliphatic hydroxyl groups excluding tert-OH is 1. The third kappa shape index (κ3) is 6.27.